The highest BCUT2D eigenvalue weighted by molar-refractivity contribution is 5.92. The van der Waals surface area contributed by atoms with E-state index in [-0.39, 0.29) is 13.0 Å². The van der Waals surface area contributed by atoms with E-state index in [9.17, 15) is 9.59 Å². The molecule has 7 nitrogen and oxygen atoms in total. The van der Waals surface area contributed by atoms with Gasteiger partial charge in [-0.15, -0.1) is 0 Å². The summed E-state index contributed by atoms with van der Waals surface area (Å²) in [4.78, 5) is 21.8. The van der Waals surface area contributed by atoms with E-state index in [0.29, 0.717) is 13.2 Å². The average Bonchev–Trinajstić information content (AvgIpc) is 2.25. The number of esters is 2. The van der Waals surface area contributed by atoms with Gasteiger partial charge >= 0.3 is 18.4 Å². The predicted molar refractivity (Wildman–Crippen MR) is 53.6 cm³/mol. The second-order valence-corrected chi connectivity index (χ2v) is 3.12. The zero-order valence-electron chi connectivity index (χ0n) is 9.84. The summed E-state index contributed by atoms with van der Waals surface area (Å²) in [5.74, 6) is -1.34. The van der Waals surface area contributed by atoms with E-state index in [1.54, 1.807) is 0 Å². The van der Waals surface area contributed by atoms with Gasteiger partial charge in [-0.25, -0.2) is 0 Å². The molecule has 1 fully saturated rings. The van der Waals surface area contributed by atoms with Gasteiger partial charge in [0.2, 0.25) is 0 Å². The molecule has 0 aliphatic carbocycles. The summed E-state index contributed by atoms with van der Waals surface area (Å²) in [6, 6.07) is 0. The molecule has 0 spiro atoms. The molecule has 1 aliphatic rings. The molecule has 1 heterocycles. The predicted octanol–water partition coefficient (Wildman–Crippen LogP) is 0.176. The number of carbonyl (C=O) groups excluding carboxylic acids is 2. The van der Waals surface area contributed by atoms with Crippen LogP contribution in [0.5, 0.6) is 0 Å². The topological polar surface area (TPSA) is 80.3 Å². The van der Waals surface area contributed by atoms with Crippen LogP contribution in [0.3, 0.4) is 0 Å². The van der Waals surface area contributed by atoms with Gasteiger partial charge in [-0.3, -0.25) is 9.59 Å². The molecule has 0 unspecified atom stereocenters. The van der Waals surface area contributed by atoms with Crippen LogP contribution in [0.25, 0.3) is 0 Å². The van der Waals surface area contributed by atoms with E-state index < -0.39 is 24.7 Å². The number of carbonyl (C=O) groups is 2. The first-order valence-corrected chi connectivity index (χ1v) is 5.39. The maximum Gasteiger partial charge on any atom is 0.365 e. The van der Waals surface area contributed by atoms with Gasteiger partial charge < -0.3 is 23.7 Å². The number of ether oxygens (including phenoxy) is 5. The fourth-order valence-corrected chi connectivity index (χ4v) is 1.18. The Bertz CT molecular complexity index is 243. The summed E-state index contributed by atoms with van der Waals surface area (Å²) in [5, 5.41) is 0. The number of cyclic esters (lactones) is 2. The van der Waals surface area contributed by atoms with Gasteiger partial charge in [0.15, 0.2) is 6.29 Å². The van der Waals surface area contributed by atoms with Gasteiger partial charge in [-0.2, -0.15) is 0 Å². The van der Waals surface area contributed by atoms with Crippen LogP contribution in [0.1, 0.15) is 20.3 Å². The highest BCUT2D eigenvalue weighted by Gasteiger charge is 2.29. The Balaban J connectivity index is 2.32. The Morgan fingerprint density at radius 1 is 1.18 bits per heavy atom. The zero-order valence-corrected chi connectivity index (χ0v) is 9.84. The minimum atomic E-state index is -1.31. The van der Waals surface area contributed by atoms with Gasteiger partial charge in [0.25, 0.3) is 0 Å². The first kappa shape index (κ1) is 13.9. The van der Waals surface area contributed by atoms with Crippen LogP contribution in [0.15, 0.2) is 0 Å². The van der Waals surface area contributed by atoms with Crippen molar-refractivity contribution in [1.82, 2.24) is 0 Å². The molecule has 0 amide bonds. The van der Waals surface area contributed by atoms with Gasteiger partial charge in [0.1, 0.15) is 13.0 Å². The van der Waals surface area contributed by atoms with Crippen molar-refractivity contribution in [2.75, 3.05) is 19.8 Å². The Morgan fingerprint density at radius 2 is 1.71 bits per heavy atom. The molecular formula is C10H16O7. The van der Waals surface area contributed by atoms with Gasteiger partial charge in [-0.05, 0) is 13.8 Å². The summed E-state index contributed by atoms with van der Waals surface area (Å²) in [7, 11) is 0. The number of hydrogen-bond acceptors (Lipinski definition) is 7. The molecule has 1 rings (SSSR count). The smallest absolute Gasteiger partial charge is 0.365 e. The number of rotatable bonds is 7. The van der Waals surface area contributed by atoms with Crippen molar-refractivity contribution in [3.63, 3.8) is 0 Å². The summed E-state index contributed by atoms with van der Waals surface area (Å²) < 4.78 is 24.7. The van der Waals surface area contributed by atoms with Crippen molar-refractivity contribution >= 4 is 11.9 Å². The second-order valence-electron chi connectivity index (χ2n) is 3.12. The van der Waals surface area contributed by atoms with Crippen molar-refractivity contribution in [2.45, 2.75) is 33.0 Å². The Morgan fingerprint density at radius 3 is 2.18 bits per heavy atom. The van der Waals surface area contributed by atoms with Crippen LogP contribution in [0.2, 0.25) is 0 Å². The number of hydrogen-bond donors (Lipinski definition) is 0. The van der Waals surface area contributed by atoms with Gasteiger partial charge in [-0.1, -0.05) is 0 Å². The van der Waals surface area contributed by atoms with Crippen molar-refractivity contribution < 1.29 is 33.3 Å². The summed E-state index contributed by atoms with van der Waals surface area (Å²) >= 11 is 0. The average molecular weight is 248 g/mol. The van der Waals surface area contributed by atoms with E-state index >= 15 is 0 Å². The summed E-state index contributed by atoms with van der Waals surface area (Å²) in [5.41, 5.74) is 0. The molecular weight excluding hydrogens is 232 g/mol. The SMILES string of the molecule is CCOC(COC1OC(=O)CC(=O)O1)OCC. The molecule has 1 saturated heterocycles. The summed E-state index contributed by atoms with van der Waals surface area (Å²) in [6.45, 7) is 3.23. The van der Waals surface area contributed by atoms with Crippen molar-refractivity contribution in [2.24, 2.45) is 0 Å². The zero-order chi connectivity index (χ0) is 12.7. The van der Waals surface area contributed by atoms with Crippen molar-refractivity contribution in [1.29, 1.82) is 0 Å². The third-order valence-corrected chi connectivity index (χ3v) is 1.82. The first-order chi connectivity index (χ1) is 8.15. The molecule has 7 heteroatoms. The lowest BCUT2D eigenvalue weighted by Crippen LogP contribution is -2.37. The largest absolute Gasteiger partial charge is 0.400 e. The molecule has 0 aromatic heterocycles. The molecule has 0 aromatic carbocycles. The van der Waals surface area contributed by atoms with Crippen LogP contribution in [-0.2, 0) is 33.3 Å². The Labute approximate surface area is 98.9 Å². The minimum Gasteiger partial charge on any atom is -0.400 e. The fourth-order valence-electron chi connectivity index (χ4n) is 1.18. The quantitative estimate of drug-likeness (QED) is 0.361. The Hall–Kier alpha value is -1.18. The van der Waals surface area contributed by atoms with Crippen LogP contribution in [0, 0.1) is 0 Å². The lowest BCUT2D eigenvalue weighted by molar-refractivity contribution is -0.296. The maximum absolute atomic E-state index is 10.9. The third kappa shape index (κ3) is 5.12. The Kier molecular flexibility index (Phi) is 5.88. The van der Waals surface area contributed by atoms with E-state index in [2.05, 4.69) is 9.47 Å². The van der Waals surface area contributed by atoms with E-state index in [0.717, 1.165) is 0 Å². The molecule has 0 atom stereocenters. The van der Waals surface area contributed by atoms with Gasteiger partial charge in [0, 0.05) is 13.2 Å². The highest BCUT2D eigenvalue weighted by Crippen LogP contribution is 2.10. The third-order valence-electron chi connectivity index (χ3n) is 1.82. The highest BCUT2D eigenvalue weighted by atomic mass is 16.9. The van der Waals surface area contributed by atoms with E-state index in [1.807, 2.05) is 13.8 Å². The molecule has 0 bridgehead atoms. The normalized spacial score (nSPS) is 17.1. The van der Waals surface area contributed by atoms with Crippen LogP contribution in [0.4, 0.5) is 0 Å². The lowest BCUT2D eigenvalue weighted by Gasteiger charge is -2.24. The molecule has 0 radical (unpaired) electrons. The standard InChI is InChI=1S/C10H16O7/c1-3-13-9(14-4-2)6-15-10-16-7(11)5-8(12)17-10/h9-10H,3-6H2,1-2H3. The fraction of sp³-hybridized carbons (Fsp3) is 0.800. The van der Waals surface area contributed by atoms with Crippen LogP contribution >= 0.6 is 0 Å². The molecule has 0 N–H and O–H groups in total. The molecule has 98 valence electrons. The monoisotopic (exact) mass is 248 g/mol. The van der Waals surface area contributed by atoms with Crippen molar-refractivity contribution in [3.05, 3.63) is 0 Å². The first-order valence-electron chi connectivity index (χ1n) is 5.39. The van der Waals surface area contributed by atoms with E-state index in [4.69, 9.17) is 14.2 Å². The molecule has 17 heavy (non-hydrogen) atoms. The molecule has 0 saturated carbocycles. The van der Waals surface area contributed by atoms with Crippen molar-refractivity contribution in [3.8, 4) is 0 Å². The van der Waals surface area contributed by atoms with Crippen LogP contribution in [-0.4, -0.2) is 44.5 Å². The van der Waals surface area contributed by atoms with Gasteiger partial charge in [0.05, 0.1) is 0 Å². The molecule has 0 aromatic rings. The van der Waals surface area contributed by atoms with E-state index in [1.165, 1.54) is 0 Å². The lowest BCUT2D eigenvalue weighted by atomic mass is 10.4. The minimum absolute atomic E-state index is 0.00685. The van der Waals surface area contributed by atoms with Crippen LogP contribution < -0.4 is 0 Å². The summed E-state index contributed by atoms with van der Waals surface area (Å²) in [6.07, 6.45) is -0.968. The molecule has 1 aliphatic heterocycles. The maximum atomic E-state index is 10.9. The second kappa shape index (κ2) is 7.21.